The van der Waals surface area contributed by atoms with E-state index in [9.17, 15) is 0 Å². The van der Waals surface area contributed by atoms with Gasteiger partial charge in [-0.25, -0.2) is 0 Å². The summed E-state index contributed by atoms with van der Waals surface area (Å²) >= 11 is 0. The normalized spacial score (nSPS) is 22.8. The van der Waals surface area contributed by atoms with E-state index in [1.54, 1.807) is 0 Å². The second kappa shape index (κ2) is 5.62. The molecule has 0 aliphatic carbocycles. The SMILES string of the molecule is Cn1cc(CN2CCC(C)(CN)C2)c(-c2ccccc2)n1. The van der Waals surface area contributed by atoms with Gasteiger partial charge in [-0.1, -0.05) is 37.3 Å². The van der Waals surface area contributed by atoms with Crippen molar-refractivity contribution >= 4 is 0 Å². The van der Waals surface area contributed by atoms with Gasteiger partial charge < -0.3 is 5.73 Å². The lowest BCUT2D eigenvalue weighted by Gasteiger charge is -2.22. The van der Waals surface area contributed by atoms with E-state index in [1.807, 2.05) is 17.8 Å². The first kappa shape index (κ1) is 14.3. The van der Waals surface area contributed by atoms with E-state index in [-0.39, 0.29) is 5.41 Å². The summed E-state index contributed by atoms with van der Waals surface area (Å²) in [5, 5.41) is 4.64. The molecule has 1 unspecified atom stereocenters. The van der Waals surface area contributed by atoms with Crippen LogP contribution in [0.2, 0.25) is 0 Å². The van der Waals surface area contributed by atoms with Crippen LogP contribution in [0.4, 0.5) is 0 Å². The molecule has 1 aromatic heterocycles. The molecular weight excluding hydrogens is 260 g/mol. The summed E-state index contributed by atoms with van der Waals surface area (Å²) in [6.07, 6.45) is 3.32. The molecule has 21 heavy (non-hydrogen) atoms. The fraction of sp³-hybridized carbons (Fsp3) is 0.471. The van der Waals surface area contributed by atoms with Gasteiger partial charge in [0.05, 0.1) is 5.69 Å². The Bertz CT molecular complexity index is 605. The zero-order valence-corrected chi connectivity index (χ0v) is 12.9. The van der Waals surface area contributed by atoms with Crippen LogP contribution in [-0.4, -0.2) is 34.3 Å². The number of likely N-dealkylation sites (tertiary alicyclic amines) is 1. The number of aromatic nitrogens is 2. The predicted octanol–water partition coefficient (Wildman–Crippen LogP) is 2.26. The molecule has 3 rings (SSSR count). The second-order valence-electron chi connectivity index (χ2n) is 6.52. The zero-order valence-electron chi connectivity index (χ0n) is 12.9. The van der Waals surface area contributed by atoms with E-state index < -0.39 is 0 Å². The third-order valence-corrected chi connectivity index (χ3v) is 4.48. The predicted molar refractivity (Wildman–Crippen MR) is 85.7 cm³/mol. The molecule has 1 fully saturated rings. The summed E-state index contributed by atoms with van der Waals surface area (Å²) in [4.78, 5) is 2.50. The standard InChI is InChI=1S/C17H24N4/c1-17(12-18)8-9-21(13-17)11-15-10-20(2)19-16(15)14-6-4-3-5-7-14/h3-7,10H,8-9,11-13,18H2,1-2H3. The average Bonchev–Trinajstić information content (AvgIpc) is 3.04. The first-order valence-corrected chi connectivity index (χ1v) is 7.60. The van der Waals surface area contributed by atoms with Crippen LogP contribution in [-0.2, 0) is 13.6 Å². The highest BCUT2D eigenvalue weighted by Crippen LogP contribution is 2.31. The molecule has 1 aliphatic rings. The monoisotopic (exact) mass is 284 g/mol. The van der Waals surface area contributed by atoms with Crippen LogP contribution in [0, 0.1) is 5.41 Å². The maximum Gasteiger partial charge on any atom is 0.0968 e. The van der Waals surface area contributed by atoms with Crippen molar-refractivity contribution in [1.29, 1.82) is 0 Å². The minimum absolute atomic E-state index is 0.273. The smallest absolute Gasteiger partial charge is 0.0968 e. The third kappa shape index (κ3) is 3.01. The Morgan fingerprint density at radius 1 is 1.29 bits per heavy atom. The number of hydrogen-bond donors (Lipinski definition) is 1. The van der Waals surface area contributed by atoms with Crippen molar-refractivity contribution in [2.75, 3.05) is 19.6 Å². The Kier molecular flexibility index (Phi) is 3.83. The Labute approximate surface area is 126 Å². The molecule has 2 N–H and O–H groups in total. The topological polar surface area (TPSA) is 47.1 Å². The average molecular weight is 284 g/mol. The van der Waals surface area contributed by atoms with Crippen molar-refractivity contribution in [3.05, 3.63) is 42.1 Å². The first-order valence-electron chi connectivity index (χ1n) is 7.60. The summed E-state index contributed by atoms with van der Waals surface area (Å²) in [5.74, 6) is 0. The zero-order chi connectivity index (χ0) is 14.9. The molecule has 2 aromatic rings. The number of aryl methyl sites for hydroxylation is 1. The van der Waals surface area contributed by atoms with Crippen LogP contribution >= 0.6 is 0 Å². The van der Waals surface area contributed by atoms with Crippen LogP contribution in [0.15, 0.2) is 36.5 Å². The van der Waals surface area contributed by atoms with E-state index in [2.05, 4.69) is 47.4 Å². The molecular formula is C17H24N4. The van der Waals surface area contributed by atoms with Crippen LogP contribution < -0.4 is 5.73 Å². The fourth-order valence-electron chi connectivity index (χ4n) is 3.16. The van der Waals surface area contributed by atoms with Gasteiger partial charge in [-0.3, -0.25) is 9.58 Å². The van der Waals surface area contributed by atoms with Crippen molar-refractivity contribution in [3.63, 3.8) is 0 Å². The van der Waals surface area contributed by atoms with E-state index in [4.69, 9.17) is 5.73 Å². The Morgan fingerprint density at radius 2 is 2.05 bits per heavy atom. The summed E-state index contributed by atoms with van der Waals surface area (Å²) < 4.78 is 1.91. The quantitative estimate of drug-likeness (QED) is 0.937. The largest absolute Gasteiger partial charge is 0.330 e. The van der Waals surface area contributed by atoms with E-state index in [0.717, 1.165) is 31.9 Å². The molecule has 4 nitrogen and oxygen atoms in total. The van der Waals surface area contributed by atoms with Gasteiger partial charge in [-0.15, -0.1) is 0 Å². The highest BCUT2D eigenvalue weighted by atomic mass is 15.3. The summed E-state index contributed by atoms with van der Waals surface area (Å²) in [6, 6.07) is 10.4. The van der Waals surface area contributed by atoms with Gasteiger partial charge in [-0.05, 0) is 24.9 Å². The lowest BCUT2D eigenvalue weighted by Crippen LogP contribution is -2.31. The summed E-state index contributed by atoms with van der Waals surface area (Å²) in [5.41, 5.74) is 9.76. The number of rotatable bonds is 4. The highest BCUT2D eigenvalue weighted by molar-refractivity contribution is 5.62. The number of nitrogens with zero attached hydrogens (tertiary/aromatic N) is 3. The lowest BCUT2D eigenvalue weighted by atomic mass is 9.90. The van der Waals surface area contributed by atoms with Crippen molar-refractivity contribution in [2.45, 2.75) is 19.9 Å². The van der Waals surface area contributed by atoms with Crippen LogP contribution in [0.25, 0.3) is 11.3 Å². The number of hydrogen-bond acceptors (Lipinski definition) is 3. The minimum atomic E-state index is 0.273. The van der Waals surface area contributed by atoms with Crippen molar-refractivity contribution in [1.82, 2.24) is 14.7 Å². The molecule has 0 radical (unpaired) electrons. The molecule has 0 amide bonds. The van der Waals surface area contributed by atoms with Gasteiger partial charge >= 0.3 is 0 Å². The van der Waals surface area contributed by atoms with Gasteiger partial charge in [0.1, 0.15) is 0 Å². The molecule has 1 aromatic carbocycles. The molecule has 4 heteroatoms. The van der Waals surface area contributed by atoms with Gasteiger partial charge in [0.2, 0.25) is 0 Å². The van der Waals surface area contributed by atoms with Gasteiger partial charge in [0.15, 0.2) is 0 Å². The Hall–Kier alpha value is -1.65. The van der Waals surface area contributed by atoms with E-state index in [1.165, 1.54) is 17.5 Å². The van der Waals surface area contributed by atoms with Crippen LogP contribution in [0.5, 0.6) is 0 Å². The molecule has 0 bridgehead atoms. The fourth-order valence-corrected chi connectivity index (χ4v) is 3.16. The molecule has 112 valence electrons. The molecule has 0 spiro atoms. The Balaban J connectivity index is 1.81. The second-order valence-corrected chi connectivity index (χ2v) is 6.52. The summed E-state index contributed by atoms with van der Waals surface area (Å²) in [6.45, 7) is 6.20. The summed E-state index contributed by atoms with van der Waals surface area (Å²) in [7, 11) is 1.99. The van der Waals surface area contributed by atoms with Crippen LogP contribution in [0.3, 0.4) is 0 Å². The Morgan fingerprint density at radius 3 is 2.71 bits per heavy atom. The minimum Gasteiger partial charge on any atom is -0.330 e. The molecule has 1 saturated heterocycles. The van der Waals surface area contributed by atoms with Gasteiger partial charge in [0, 0.05) is 37.5 Å². The maximum atomic E-state index is 5.91. The first-order chi connectivity index (χ1) is 10.1. The molecule has 1 atom stereocenters. The van der Waals surface area contributed by atoms with Crippen molar-refractivity contribution < 1.29 is 0 Å². The van der Waals surface area contributed by atoms with Crippen molar-refractivity contribution in [2.24, 2.45) is 18.2 Å². The molecule has 2 heterocycles. The van der Waals surface area contributed by atoms with E-state index in [0.29, 0.717) is 0 Å². The van der Waals surface area contributed by atoms with Gasteiger partial charge in [-0.2, -0.15) is 5.10 Å². The lowest BCUT2D eigenvalue weighted by molar-refractivity contribution is 0.274. The third-order valence-electron chi connectivity index (χ3n) is 4.48. The highest BCUT2D eigenvalue weighted by Gasteiger charge is 2.32. The van der Waals surface area contributed by atoms with E-state index >= 15 is 0 Å². The number of benzene rings is 1. The molecule has 1 aliphatic heterocycles. The van der Waals surface area contributed by atoms with Crippen molar-refractivity contribution in [3.8, 4) is 11.3 Å². The maximum absolute atomic E-state index is 5.91. The number of nitrogens with two attached hydrogens (primary N) is 1. The van der Waals surface area contributed by atoms with Crippen LogP contribution in [0.1, 0.15) is 18.9 Å². The molecule has 0 saturated carbocycles. The van der Waals surface area contributed by atoms with Gasteiger partial charge in [0.25, 0.3) is 0 Å².